The van der Waals surface area contributed by atoms with Gasteiger partial charge in [0.15, 0.2) is 0 Å². The van der Waals surface area contributed by atoms with Gasteiger partial charge in [0.25, 0.3) is 0 Å². The van der Waals surface area contributed by atoms with Crippen LogP contribution in [0.15, 0.2) is 41.3 Å². The van der Waals surface area contributed by atoms with Crippen molar-refractivity contribution >= 4 is 11.8 Å². The monoisotopic (exact) mass is 325 g/mol. The Bertz CT molecular complexity index is 825. The molecule has 4 nitrogen and oxygen atoms in total. The Labute approximate surface area is 140 Å². The van der Waals surface area contributed by atoms with Gasteiger partial charge in [-0.15, -0.1) is 11.8 Å². The van der Waals surface area contributed by atoms with E-state index in [1.165, 1.54) is 10.5 Å². The summed E-state index contributed by atoms with van der Waals surface area (Å²) in [5.74, 6) is 0.867. The summed E-state index contributed by atoms with van der Waals surface area (Å²) >= 11 is 1.72. The molecule has 0 unspecified atom stereocenters. The fourth-order valence-electron chi connectivity index (χ4n) is 2.56. The first-order valence-electron chi connectivity index (χ1n) is 7.35. The number of hydrogen-bond donors (Lipinski definition) is 1. The maximum atomic E-state index is 5.48. The number of ether oxygens (including phenoxy) is 1. The van der Waals surface area contributed by atoms with Crippen molar-refractivity contribution in [1.29, 1.82) is 0 Å². The van der Waals surface area contributed by atoms with Crippen molar-refractivity contribution in [2.45, 2.75) is 18.7 Å². The molecule has 0 amide bonds. The number of aromatic amines is 1. The second-order valence-corrected chi connectivity index (χ2v) is 6.25. The first-order chi connectivity index (χ1) is 11.1. The molecular formula is C18H19N3OS. The Morgan fingerprint density at radius 1 is 0.957 bits per heavy atom. The van der Waals surface area contributed by atoms with Crippen LogP contribution in [0.5, 0.6) is 5.75 Å². The van der Waals surface area contributed by atoms with Crippen LogP contribution in [0, 0.1) is 13.8 Å². The molecule has 0 spiro atoms. The second-order valence-electron chi connectivity index (χ2n) is 5.37. The summed E-state index contributed by atoms with van der Waals surface area (Å²) in [4.78, 5) is 1.23. The molecular weight excluding hydrogens is 306 g/mol. The highest BCUT2D eigenvalue weighted by Crippen LogP contribution is 2.33. The van der Waals surface area contributed by atoms with Crippen LogP contribution >= 0.6 is 11.8 Å². The summed E-state index contributed by atoms with van der Waals surface area (Å²) in [5.41, 5.74) is 6.05. The van der Waals surface area contributed by atoms with Gasteiger partial charge in [-0.2, -0.15) is 15.4 Å². The minimum atomic E-state index is 0.836. The van der Waals surface area contributed by atoms with Gasteiger partial charge in [-0.3, -0.25) is 0 Å². The van der Waals surface area contributed by atoms with Gasteiger partial charge in [0.05, 0.1) is 7.11 Å². The Kier molecular flexibility index (Phi) is 4.39. The van der Waals surface area contributed by atoms with Crippen molar-refractivity contribution in [2.24, 2.45) is 0 Å². The second kappa shape index (κ2) is 6.46. The van der Waals surface area contributed by atoms with Gasteiger partial charge in [0.2, 0.25) is 0 Å². The molecule has 0 saturated carbocycles. The highest BCUT2D eigenvalue weighted by atomic mass is 32.2. The zero-order valence-electron chi connectivity index (χ0n) is 13.7. The third-order valence-corrected chi connectivity index (χ3v) is 4.77. The van der Waals surface area contributed by atoms with E-state index in [1.807, 2.05) is 6.07 Å². The van der Waals surface area contributed by atoms with E-state index in [-0.39, 0.29) is 0 Å². The number of aryl methyl sites for hydroxylation is 1. The zero-order valence-corrected chi connectivity index (χ0v) is 14.5. The lowest BCUT2D eigenvalue weighted by atomic mass is 10.00. The van der Waals surface area contributed by atoms with Gasteiger partial charge in [0.1, 0.15) is 17.1 Å². The number of nitrogens with zero attached hydrogens (tertiary/aromatic N) is 2. The molecule has 0 bridgehead atoms. The van der Waals surface area contributed by atoms with Crippen molar-refractivity contribution in [1.82, 2.24) is 15.4 Å². The molecule has 118 valence electrons. The molecule has 0 radical (unpaired) electrons. The van der Waals surface area contributed by atoms with Gasteiger partial charge in [0, 0.05) is 16.0 Å². The first-order valence-corrected chi connectivity index (χ1v) is 8.57. The highest BCUT2D eigenvalue weighted by molar-refractivity contribution is 7.98. The maximum absolute atomic E-state index is 5.48. The Morgan fingerprint density at radius 3 is 2.22 bits per heavy atom. The Balaban J connectivity index is 2.09. The molecule has 0 fully saturated rings. The van der Waals surface area contributed by atoms with E-state index in [4.69, 9.17) is 4.74 Å². The molecule has 2 aromatic carbocycles. The minimum absolute atomic E-state index is 0.836. The average molecular weight is 325 g/mol. The van der Waals surface area contributed by atoms with Gasteiger partial charge >= 0.3 is 0 Å². The van der Waals surface area contributed by atoms with E-state index >= 15 is 0 Å². The molecule has 1 N–H and O–H groups in total. The van der Waals surface area contributed by atoms with Gasteiger partial charge in [-0.1, -0.05) is 12.1 Å². The van der Waals surface area contributed by atoms with Crippen LogP contribution in [0.1, 0.15) is 11.1 Å². The minimum Gasteiger partial charge on any atom is -0.496 e. The zero-order chi connectivity index (χ0) is 16.4. The predicted molar refractivity (Wildman–Crippen MR) is 95.1 cm³/mol. The lowest BCUT2D eigenvalue weighted by Gasteiger charge is -2.10. The van der Waals surface area contributed by atoms with E-state index < -0.39 is 0 Å². The van der Waals surface area contributed by atoms with Crippen LogP contribution in [0.3, 0.4) is 0 Å². The normalized spacial score (nSPS) is 10.8. The average Bonchev–Trinajstić information content (AvgIpc) is 3.07. The topological polar surface area (TPSA) is 50.8 Å². The van der Waals surface area contributed by atoms with Crippen LogP contribution < -0.4 is 4.74 Å². The van der Waals surface area contributed by atoms with Crippen molar-refractivity contribution in [2.75, 3.05) is 13.4 Å². The first kappa shape index (κ1) is 15.6. The molecule has 0 atom stereocenters. The van der Waals surface area contributed by atoms with Gasteiger partial charge in [-0.25, -0.2) is 0 Å². The van der Waals surface area contributed by atoms with E-state index in [2.05, 4.69) is 65.8 Å². The number of nitrogens with one attached hydrogen (secondary N) is 1. The lowest BCUT2D eigenvalue weighted by Crippen LogP contribution is -1.93. The third kappa shape index (κ3) is 2.97. The van der Waals surface area contributed by atoms with Crippen LogP contribution in [0.25, 0.3) is 22.5 Å². The number of thioether (sulfide) groups is 1. The summed E-state index contributed by atoms with van der Waals surface area (Å²) in [6, 6.07) is 12.5. The number of methoxy groups -OCH3 is 1. The molecule has 5 heteroatoms. The molecule has 0 saturated heterocycles. The van der Waals surface area contributed by atoms with E-state index in [1.54, 1.807) is 18.9 Å². The molecule has 23 heavy (non-hydrogen) atoms. The van der Waals surface area contributed by atoms with Gasteiger partial charge < -0.3 is 4.74 Å². The summed E-state index contributed by atoms with van der Waals surface area (Å²) in [6.07, 6.45) is 2.07. The maximum Gasteiger partial charge on any atom is 0.122 e. The number of aromatic nitrogens is 3. The summed E-state index contributed by atoms with van der Waals surface area (Å²) in [7, 11) is 1.69. The smallest absolute Gasteiger partial charge is 0.122 e. The van der Waals surface area contributed by atoms with Crippen molar-refractivity contribution < 1.29 is 4.74 Å². The van der Waals surface area contributed by atoms with Crippen LogP contribution in [0.4, 0.5) is 0 Å². The fraction of sp³-hybridized carbons (Fsp3) is 0.222. The predicted octanol–water partition coefficient (Wildman–Crippen LogP) is 4.49. The summed E-state index contributed by atoms with van der Waals surface area (Å²) in [6.45, 7) is 4.14. The summed E-state index contributed by atoms with van der Waals surface area (Å²) in [5, 5.41) is 11.4. The van der Waals surface area contributed by atoms with Crippen LogP contribution in [0.2, 0.25) is 0 Å². The number of benzene rings is 2. The third-order valence-electron chi connectivity index (χ3n) is 4.02. The standard InChI is InChI=1S/C18H19N3OS/c1-11-9-14(10-16(22-3)12(11)2)18-17(19-21-20-18)13-5-7-15(23-4)8-6-13/h5-10H,1-4H3,(H,19,20,21). The molecule has 3 aromatic rings. The van der Waals surface area contributed by atoms with Crippen molar-refractivity contribution in [3.8, 4) is 28.3 Å². The number of H-pyrrole nitrogens is 1. The molecule has 0 aliphatic rings. The molecule has 1 aromatic heterocycles. The summed E-state index contributed by atoms with van der Waals surface area (Å²) < 4.78 is 5.48. The quantitative estimate of drug-likeness (QED) is 0.718. The number of rotatable bonds is 4. The fourth-order valence-corrected chi connectivity index (χ4v) is 2.97. The van der Waals surface area contributed by atoms with E-state index in [9.17, 15) is 0 Å². The van der Waals surface area contributed by atoms with E-state index in [0.29, 0.717) is 0 Å². The molecule has 3 rings (SSSR count). The largest absolute Gasteiger partial charge is 0.496 e. The highest BCUT2D eigenvalue weighted by Gasteiger charge is 2.15. The van der Waals surface area contributed by atoms with Gasteiger partial charge in [-0.05, 0) is 55.5 Å². The number of hydrogen-bond acceptors (Lipinski definition) is 4. The van der Waals surface area contributed by atoms with E-state index in [0.717, 1.165) is 33.8 Å². The Hall–Kier alpha value is -2.27. The SMILES string of the molecule is COc1cc(-c2n[nH]nc2-c2ccc(SC)cc2)cc(C)c1C. The van der Waals surface area contributed by atoms with Crippen molar-refractivity contribution in [3.05, 3.63) is 47.5 Å². The van der Waals surface area contributed by atoms with Crippen molar-refractivity contribution in [3.63, 3.8) is 0 Å². The van der Waals surface area contributed by atoms with Crippen LogP contribution in [-0.2, 0) is 0 Å². The van der Waals surface area contributed by atoms with Crippen LogP contribution in [-0.4, -0.2) is 28.8 Å². The lowest BCUT2D eigenvalue weighted by molar-refractivity contribution is 0.411. The molecule has 0 aliphatic carbocycles. The molecule has 0 aliphatic heterocycles. The Morgan fingerprint density at radius 2 is 1.61 bits per heavy atom. The molecule has 1 heterocycles.